The number of nitrogens with one attached hydrogen (secondary N) is 1. The largest absolute Gasteiger partial charge is 0.481 e. The number of H-pyrrole nitrogens is 1. The number of para-hydroxylation sites is 1. The molecule has 0 spiro atoms. The predicted octanol–water partition coefficient (Wildman–Crippen LogP) is 1.92. The molecule has 5 heteroatoms. The summed E-state index contributed by atoms with van der Waals surface area (Å²) in [6, 6.07) is 6.58. The molecule has 0 aliphatic heterocycles. The number of aromatic nitrogens is 1. The van der Waals surface area contributed by atoms with Crippen LogP contribution in [-0.2, 0) is 11.2 Å². The SMILES string of the molecule is O=C(O)Cc1cc(=O)c2cccc(Br)c2[nH]1. The Balaban J connectivity index is 2.70. The van der Waals surface area contributed by atoms with Crippen LogP contribution >= 0.6 is 15.9 Å². The van der Waals surface area contributed by atoms with Crippen LogP contribution in [0.1, 0.15) is 5.69 Å². The Kier molecular flexibility index (Phi) is 2.78. The van der Waals surface area contributed by atoms with E-state index in [1.165, 1.54) is 6.07 Å². The number of aliphatic carboxylic acids is 1. The van der Waals surface area contributed by atoms with Crippen LogP contribution in [0.15, 0.2) is 33.5 Å². The highest BCUT2D eigenvalue weighted by atomic mass is 79.9. The lowest BCUT2D eigenvalue weighted by Crippen LogP contribution is -2.09. The zero-order valence-electron chi connectivity index (χ0n) is 8.16. The fourth-order valence-corrected chi connectivity index (χ4v) is 2.01. The van der Waals surface area contributed by atoms with Crippen LogP contribution in [0.4, 0.5) is 0 Å². The Labute approximate surface area is 99.0 Å². The van der Waals surface area contributed by atoms with Gasteiger partial charge >= 0.3 is 5.97 Å². The quantitative estimate of drug-likeness (QED) is 0.884. The van der Waals surface area contributed by atoms with Gasteiger partial charge in [0.25, 0.3) is 0 Å². The Morgan fingerprint density at radius 1 is 1.44 bits per heavy atom. The number of rotatable bonds is 2. The average Bonchev–Trinajstić information content (AvgIpc) is 2.19. The van der Waals surface area contributed by atoms with Crippen molar-refractivity contribution in [3.8, 4) is 0 Å². The third-order valence-electron chi connectivity index (χ3n) is 2.21. The molecule has 0 atom stereocenters. The van der Waals surface area contributed by atoms with E-state index in [0.717, 1.165) is 4.47 Å². The standard InChI is InChI=1S/C11H8BrNO3/c12-8-3-1-2-7-9(14)4-6(5-10(15)16)13-11(7)8/h1-4H,5H2,(H,13,14)(H,15,16). The number of hydrogen-bond donors (Lipinski definition) is 2. The summed E-state index contributed by atoms with van der Waals surface area (Å²) in [5.41, 5.74) is 0.856. The van der Waals surface area contributed by atoms with Crippen molar-refractivity contribution in [1.82, 2.24) is 4.98 Å². The van der Waals surface area contributed by atoms with Gasteiger partial charge in [-0.25, -0.2) is 0 Å². The zero-order valence-corrected chi connectivity index (χ0v) is 9.74. The van der Waals surface area contributed by atoms with Crippen LogP contribution in [0, 0.1) is 0 Å². The minimum atomic E-state index is -0.970. The van der Waals surface area contributed by atoms with Crippen LogP contribution in [0.3, 0.4) is 0 Å². The van der Waals surface area contributed by atoms with Crippen LogP contribution in [0.25, 0.3) is 10.9 Å². The molecule has 82 valence electrons. The zero-order chi connectivity index (χ0) is 11.7. The van der Waals surface area contributed by atoms with E-state index in [0.29, 0.717) is 16.6 Å². The molecule has 2 N–H and O–H groups in total. The summed E-state index contributed by atoms with van der Waals surface area (Å²) in [4.78, 5) is 25.2. The van der Waals surface area contributed by atoms with Gasteiger partial charge in [-0.15, -0.1) is 0 Å². The molecule has 4 nitrogen and oxygen atoms in total. The number of pyridine rings is 1. The van der Waals surface area contributed by atoms with E-state index >= 15 is 0 Å². The van der Waals surface area contributed by atoms with Crippen molar-refractivity contribution in [1.29, 1.82) is 0 Å². The van der Waals surface area contributed by atoms with Crippen molar-refractivity contribution in [3.05, 3.63) is 44.7 Å². The van der Waals surface area contributed by atoms with E-state index in [1.807, 2.05) is 0 Å². The molecule has 0 fully saturated rings. The molecular formula is C11H8BrNO3. The fraction of sp³-hybridized carbons (Fsp3) is 0.0909. The molecule has 1 aromatic carbocycles. The molecular weight excluding hydrogens is 274 g/mol. The number of carboxylic acid groups (broad SMARTS) is 1. The number of fused-ring (bicyclic) bond motifs is 1. The maximum Gasteiger partial charge on any atom is 0.309 e. The molecule has 0 saturated heterocycles. The predicted molar refractivity (Wildman–Crippen MR) is 63.6 cm³/mol. The smallest absolute Gasteiger partial charge is 0.309 e. The van der Waals surface area contributed by atoms with E-state index < -0.39 is 5.97 Å². The van der Waals surface area contributed by atoms with Crippen molar-refractivity contribution in [2.75, 3.05) is 0 Å². The fourth-order valence-electron chi connectivity index (χ4n) is 1.55. The molecule has 0 bridgehead atoms. The second kappa shape index (κ2) is 4.09. The molecule has 1 aromatic heterocycles. The van der Waals surface area contributed by atoms with Crippen molar-refractivity contribution in [2.24, 2.45) is 0 Å². The lowest BCUT2D eigenvalue weighted by Gasteiger charge is -2.03. The highest BCUT2D eigenvalue weighted by Crippen LogP contribution is 2.19. The number of carbonyl (C=O) groups is 1. The number of benzene rings is 1. The number of hydrogen-bond acceptors (Lipinski definition) is 2. The molecule has 0 amide bonds. The topological polar surface area (TPSA) is 70.2 Å². The normalized spacial score (nSPS) is 10.6. The summed E-state index contributed by atoms with van der Waals surface area (Å²) < 4.78 is 0.745. The maximum atomic E-state index is 11.7. The van der Waals surface area contributed by atoms with E-state index in [1.54, 1.807) is 18.2 Å². The summed E-state index contributed by atoms with van der Waals surface area (Å²) in [6.45, 7) is 0. The van der Waals surface area contributed by atoms with Gasteiger partial charge in [0.2, 0.25) is 0 Å². The van der Waals surface area contributed by atoms with Gasteiger partial charge in [0.15, 0.2) is 5.43 Å². The van der Waals surface area contributed by atoms with Crippen LogP contribution in [0.2, 0.25) is 0 Å². The first-order valence-corrected chi connectivity index (χ1v) is 5.39. The molecule has 2 aromatic rings. The van der Waals surface area contributed by atoms with Crippen molar-refractivity contribution < 1.29 is 9.90 Å². The van der Waals surface area contributed by atoms with Crippen LogP contribution in [-0.4, -0.2) is 16.1 Å². The van der Waals surface area contributed by atoms with Gasteiger partial charge in [0.1, 0.15) is 0 Å². The lowest BCUT2D eigenvalue weighted by molar-refractivity contribution is -0.136. The minimum Gasteiger partial charge on any atom is -0.481 e. The summed E-state index contributed by atoms with van der Waals surface area (Å²) in [5, 5.41) is 9.21. The van der Waals surface area contributed by atoms with E-state index in [4.69, 9.17) is 5.11 Å². The summed E-state index contributed by atoms with van der Waals surface area (Å²) in [7, 11) is 0. The summed E-state index contributed by atoms with van der Waals surface area (Å²) in [6.07, 6.45) is -0.188. The van der Waals surface area contributed by atoms with Gasteiger partial charge in [0.05, 0.1) is 11.9 Å². The van der Waals surface area contributed by atoms with Gasteiger partial charge in [-0.3, -0.25) is 9.59 Å². The third kappa shape index (κ3) is 1.99. The second-order valence-electron chi connectivity index (χ2n) is 3.39. The lowest BCUT2D eigenvalue weighted by atomic mass is 10.1. The van der Waals surface area contributed by atoms with Crippen molar-refractivity contribution in [3.63, 3.8) is 0 Å². The van der Waals surface area contributed by atoms with Gasteiger partial charge in [-0.05, 0) is 28.1 Å². The first-order valence-electron chi connectivity index (χ1n) is 4.60. The van der Waals surface area contributed by atoms with Crippen LogP contribution < -0.4 is 5.43 Å². The molecule has 2 rings (SSSR count). The van der Waals surface area contributed by atoms with E-state index in [9.17, 15) is 9.59 Å². The van der Waals surface area contributed by atoms with Gasteiger partial charge in [0, 0.05) is 21.6 Å². The molecule has 0 unspecified atom stereocenters. The Morgan fingerprint density at radius 3 is 2.88 bits per heavy atom. The Bertz CT molecular complexity index is 618. The molecule has 0 aliphatic carbocycles. The first kappa shape index (κ1) is 10.9. The van der Waals surface area contributed by atoms with E-state index in [2.05, 4.69) is 20.9 Å². The highest BCUT2D eigenvalue weighted by molar-refractivity contribution is 9.10. The average molecular weight is 282 g/mol. The van der Waals surface area contributed by atoms with E-state index in [-0.39, 0.29) is 11.8 Å². The third-order valence-corrected chi connectivity index (χ3v) is 2.87. The molecule has 0 radical (unpaired) electrons. The van der Waals surface area contributed by atoms with Gasteiger partial charge in [-0.1, -0.05) is 6.07 Å². The summed E-state index contributed by atoms with van der Waals surface area (Å²) in [5.74, 6) is -0.970. The van der Waals surface area contributed by atoms with Crippen LogP contribution in [0.5, 0.6) is 0 Å². The number of aromatic amines is 1. The maximum absolute atomic E-state index is 11.7. The first-order chi connectivity index (χ1) is 7.58. The summed E-state index contributed by atoms with van der Waals surface area (Å²) >= 11 is 3.31. The minimum absolute atomic E-state index is 0.175. The Morgan fingerprint density at radius 2 is 2.19 bits per heavy atom. The second-order valence-corrected chi connectivity index (χ2v) is 4.25. The highest BCUT2D eigenvalue weighted by Gasteiger charge is 2.07. The molecule has 0 aliphatic rings. The molecule has 0 saturated carbocycles. The van der Waals surface area contributed by atoms with Crippen molar-refractivity contribution >= 4 is 32.8 Å². The monoisotopic (exact) mass is 281 g/mol. The van der Waals surface area contributed by atoms with Crippen molar-refractivity contribution in [2.45, 2.75) is 6.42 Å². The number of halogens is 1. The molecule has 1 heterocycles. The molecule has 16 heavy (non-hydrogen) atoms. The Hall–Kier alpha value is -1.62. The van der Waals surface area contributed by atoms with Gasteiger partial charge < -0.3 is 10.1 Å². The van der Waals surface area contributed by atoms with Gasteiger partial charge in [-0.2, -0.15) is 0 Å². The number of carboxylic acids is 1.